The van der Waals surface area contributed by atoms with Gasteiger partial charge in [0, 0.05) is 40.5 Å². The molecule has 0 aromatic heterocycles. The van der Waals surface area contributed by atoms with E-state index in [9.17, 15) is 4.79 Å². The van der Waals surface area contributed by atoms with Crippen molar-refractivity contribution in [2.24, 2.45) is 4.99 Å². The zero-order chi connectivity index (χ0) is 31.5. The summed E-state index contributed by atoms with van der Waals surface area (Å²) in [6.07, 6.45) is 3.11. The molecule has 0 bridgehead atoms. The van der Waals surface area contributed by atoms with Crippen LogP contribution in [0.15, 0.2) is 117 Å². The smallest absolute Gasteiger partial charge is 0.266 e. The van der Waals surface area contributed by atoms with Gasteiger partial charge >= 0.3 is 0 Å². The molecule has 0 radical (unpaired) electrons. The molecule has 4 aromatic carbocycles. The van der Waals surface area contributed by atoms with Crippen LogP contribution in [-0.2, 0) is 22.4 Å². The van der Waals surface area contributed by atoms with E-state index >= 15 is 0 Å². The van der Waals surface area contributed by atoms with Crippen LogP contribution in [0.2, 0.25) is 0 Å². The number of aliphatic imine (C=N–C) groups is 1. The number of aliphatic hydroxyl groups is 1. The number of hydrogen-bond acceptors (Lipinski definition) is 6. The van der Waals surface area contributed by atoms with Crippen molar-refractivity contribution in [3.05, 3.63) is 134 Å². The number of carbonyl (C=O) groups is 1. The number of benzene rings is 4. The number of hydrazine groups is 1. The van der Waals surface area contributed by atoms with E-state index in [2.05, 4.69) is 67.0 Å². The van der Waals surface area contributed by atoms with E-state index in [0.717, 1.165) is 44.9 Å². The second-order valence-corrected chi connectivity index (χ2v) is 12.8. The third-order valence-corrected chi connectivity index (χ3v) is 8.71. The fourth-order valence-corrected chi connectivity index (χ4v) is 5.80. The molecule has 1 aliphatic rings. The lowest BCUT2D eigenvalue weighted by molar-refractivity contribution is -0.130. The van der Waals surface area contributed by atoms with Gasteiger partial charge in [0.25, 0.3) is 5.91 Å². The zero-order valence-corrected chi connectivity index (χ0v) is 28.1. The standard InChI is InChI=1S/C36H37Br2N3O4/c37-30-16-10-27(11-17-30)25-36(35(43)41-39-22-5-4-9-26-7-2-1-3-8-26)33(28-12-18-31(38)19-13-28)45-34(40-36)29-14-20-32(21-15-29)44-24-6-23-42/h1-3,7-8,10-21,33,39,42H,4-6,9,22-25H2,(H,41,43)/t33-,36-/m0/s1. The number of aryl methyl sites for hydroxylation is 1. The largest absolute Gasteiger partial charge is 0.494 e. The van der Waals surface area contributed by atoms with Gasteiger partial charge in [0.15, 0.2) is 11.6 Å². The van der Waals surface area contributed by atoms with Gasteiger partial charge in [0.05, 0.1) is 6.61 Å². The Hall–Kier alpha value is -3.50. The Bertz CT molecular complexity index is 1550. The third kappa shape index (κ3) is 8.82. The SMILES string of the molecule is O=C(NNCCCCc1ccccc1)[C@@]1(Cc2ccc(Br)cc2)N=C(c2ccc(OCCCO)cc2)O[C@H]1c1ccc(Br)cc1. The zero-order valence-electron chi connectivity index (χ0n) is 24.9. The minimum Gasteiger partial charge on any atom is -0.494 e. The molecule has 0 saturated carbocycles. The van der Waals surface area contributed by atoms with E-state index in [-0.39, 0.29) is 12.5 Å². The van der Waals surface area contributed by atoms with Gasteiger partial charge in [-0.15, -0.1) is 0 Å². The summed E-state index contributed by atoms with van der Waals surface area (Å²) < 4.78 is 14.2. The van der Waals surface area contributed by atoms with Crippen LogP contribution in [0.25, 0.3) is 0 Å². The van der Waals surface area contributed by atoms with Crippen LogP contribution in [-0.4, -0.2) is 42.2 Å². The van der Waals surface area contributed by atoms with E-state index < -0.39 is 11.6 Å². The van der Waals surface area contributed by atoms with Gasteiger partial charge in [-0.2, -0.15) is 0 Å². The topological polar surface area (TPSA) is 92.2 Å². The van der Waals surface area contributed by atoms with Gasteiger partial charge in [-0.3, -0.25) is 10.2 Å². The van der Waals surface area contributed by atoms with Crippen molar-refractivity contribution in [3.8, 4) is 5.75 Å². The molecule has 0 aliphatic carbocycles. The van der Waals surface area contributed by atoms with E-state index in [1.807, 2.05) is 78.9 Å². The molecule has 2 atom stereocenters. The number of nitrogens with zero attached hydrogens (tertiary/aromatic N) is 1. The van der Waals surface area contributed by atoms with E-state index in [1.54, 1.807) is 0 Å². The van der Waals surface area contributed by atoms with Crippen LogP contribution in [0, 0.1) is 0 Å². The average molecular weight is 736 g/mol. The summed E-state index contributed by atoms with van der Waals surface area (Å²) in [5, 5.41) is 9.06. The predicted molar refractivity (Wildman–Crippen MR) is 184 cm³/mol. The van der Waals surface area contributed by atoms with Crippen LogP contribution in [0.4, 0.5) is 0 Å². The molecule has 0 fully saturated rings. The molecule has 4 aromatic rings. The Balaban J connectivity index is 1.40. The van der Waals surface area contributed by atoms with Crippen molar-refractivity contribution in [1.29, 1.82) is 0 Å². The fraction of sp³-hybridized carbons (Fsp3) is 0.278. The van der Waals surface area contributed by atoms with Crippen LogP contribution in [0.3, 0.4) is 0 Å². The van der Waals surface area contributed by atoms with E-state index in [1.165, 1.54) is 5.56 Å². The van der Waals surface area contributed by atoms with Gasteiger partial charge in [0.2, 0.25) is 5.90 Å². The maximum Gasteiger partial charge on any atom is 0.266 e. The Labute approximate surface area is 281 Å². The Morgan fingerprint density at radius 2 is 1.53 bits per heavy atom. The lowest BCUT2D eigenvalue weighted by Gasteiger charge is -2.31. The molecule has 45 heavy (non-hydrogen) atoms. The fourth-order valence-electron chi connectivity index (χ4n) is 5.27. The minimum atomic E-state index is -1.29. The molecule has 7 nitrogen and oxygen atoms in total. The number of nitrogens with one attached hydrogen (secondary N) is 2. The van der Waals surface area contributed by atoms with Crippen molar-refractivity contribution in [2.45, 2.75) is 43.7 Å². The average Bonchev–Trinajstić information content (AvgIpc) is 3.45. The van der Waals surface area contributed by atoms with Crippen molar-refractivity contribution >= 4 is 43.7 Å². The molecule has 1 heterocycles. The summed E-state index contributed by atoms with van der Waals surface area (Å²) in [6, 6.07) is 33.6. The lowest BCUT2D eigenvalue weighted by atomic mass is 9.82. The van der Waals surface area contributed by atoms with Crippen LogP contribution >= 0.6 is 31.9 Å². The molecule has 9 heteroatoms. The van der Waals surface area contributed by atoms with Gasteiger partial charge in [0.1, 0.15) is 5.75 Å². The highest BCUT2D eigenvalue weighted by Crippen LogP contribution is 2.43. The lowest BCUT2D eigenvalue weighted by Crippen LogP contribution is -2.54. The van der Waals surface area contributed by atoms with Crippen LogP contribution < -0.4 is 15.6 Å². The number of unbranched alkanes of at least 4 members (excludes halogenated alkanes) is 1. The van der Waals surface area contributed by atoms with Gasteiger partial charge in [-0.25, -0.2) is 10.4 Å². The van der Waals surface area contributed by atoms with Gasteiger partial charge in [-0.05, 0) is 84.5 Å². The van der Waals surface area contributed by atoms with Crippen molar-refractivity contribution in [2.75, 3.05) is 19.8 Å². The molecule has 234 valence electrons. The molecule has 1 amide bonds. The maximum atomic E-state index is 14.3. The monoisotopic (exact) mass is 733 g/mol. The number of hydrogen-bond donors (Lipinski definition) is 3. The normalized spacial score (nSPS) is 17.4. The molecule has 0 spiro atoms. The number of aliphatic hydroxyl groups excluding tert-OH is 1. The molecule has 0 unspecified atom stereocenters. The molecular formula is C36H37Br2N3O4. The van der Waals surface area contributed by atoms with Crippen molar-refractivity contribution < 1.29 is 19.4 Å². The molecule has 1 aliphatic heterocycles. The van der Waals surface area contributed by atoms with Crippen molar-refractivity contribution in [3.63, 3.8) is 0 Å². The highest BCUT2D eigenvalue weighted by molar-refractivity contribution is 9.10. The first-order valence-electron chi connectivity index (χ1n) is 15.1. The number of halogens is 2. The predicted octanol–water partition coefficient (Wildman–Crippen LogP) is 7.12. The Kier molecular flexibility index (Phi) is 11.8. The van der Waals surface area contributed by atoms with Gasteiger partial charge in [-0.1, -0.05) is 86.5 Å². The first-order chi connectivity index (χ1) is 22.0. The molecule has 5 rings (SSSR count). The highest BCUT2D eigenvalue weighted by atomic mass is 79.9. The van der Waals surface area contributed by atoms with Gasteiger partial charge < -0.3 is 14.6 Å². The summed E-state index contributed by atoms with van der Waals surface area (Å²) in [5.41, 5.74) is 8.71. The Morgan fingerprint density at radius 3 is 2.22 bits per heavy atom. The van der Waals surface area contributed by atoms with E-state index in [0.29, 0.717) is 37.6 Å². The Morgan fingerprint density at radius 1 is 0.844 bits per heavy atom. The summed E-state index contributed by atoms with van der Waals surface area (Å²) in [6.45, 7) is 1.13. The first-order valence-corrected chi connectivity index (χ1v) is 16.7. The summed E-state index contributed by atoms with van der Waals surface area (Å²) in [5.74, 6) is 0.811. The second-order valence-electron chi connectivity index (χ2n) is 11.0. The van der Waals surface area contributed by atoms with Crippen molar-refractivity contribution in [1.82, 2.24) is 10.9 Å². The quantitative estimate of drug-likeness (QED) is 0.0895. The minimum absolute atomic E-state index is 0.0746. The highest BCUT2D eigenvalue weighted by Gasteiger charge is 2.53. The molecular weight excluding hydrogens is 698 g/mol. The summed E-state index contributed by atoms with van der Waals surface area (Å²) >= 11 is 7.05. The number of amides is 1. The van der Waals surface area contributed by atoms with E-state index in [4.69, 9.17) is 19.6 Å². The molecule has 0 saturated heterocycles. The second kappa shape index (κ2) is 16.2. The number of rotatable bonds is 15. The summed E-state index contributed by atoms with van der Waals surface area (Å²) in [7, 11) is 0. The van der Waals surface area contributed by atoms with Crippen LogP contribution in [0.5, 0.6) is 5.75 Å². The molecule has 3 N–H and O–H groups in total. The summed E-state index contributed by atoms with van der Waals surface area (Å²) in [4.78, 5) is 19.4. The van der Waals surface area contributed by atoms with Crippen LogP contribution in [0.1, 0.15) is 47.6 Å². The third-order valence-electron chi connectivity index (χ3n) is 7.65. The number of carbonyl (C=O) groups excluding carboxylic acids is 1. The number of ether oxygens (including phenoxy) is 2. The first kappa shape index (κ1) is 32.9. The maximum absolute atomic E-state index is 14.3.